The lowest BCUT2D eigenvalue weighted by molar-refractivity contribution is -0.135. The molecule has 2 aliphatic carbocycles. The summed E-state index contributed by atoms with van der Waals surface area (Å²) in [6, 6.07) is 0. The Bertz CT molecular complexity index is 208. The van der Waals surface area contributed by atoms with E-state index in [4.69, 9.17) is 4.74 Å². The summed E-state index contributed by atoms with van der Waals surface area (Å²) in [7, 11) is 1.62. The van der Waals surface area contributed by atoms with Gasteiger partial charge in [-0.25, -0.2) is 0 Å². The Balaban J connectivity index is 2.15. The number of carbonyl (C=O) groups is 1. The predicted octanol–water partition coefficient (Wildman–Crippen LogP) is 0.505. The third-order valence-electron chi connectivity index (χ3n) is 3.25. The Morgan fingerprint density at radius 1 is 1.50 bits per heavy atom. The van der Waals surface area contributed by atoms with Crippen molar-refractivity contribution in [2.75, 3.05) is 7.11 Å². The third kappa shape index (κ3) is 1.00. The van der Waals surface area contributed by atoms with Gasteiger partial charge in [0.1, 0.15) is 5.78 Å². The van der Waals surface area contributed by atoms with Crippen LogP contribution < -0.4 is 0 Å². The van der Waals surface area contributed by atoms with Gasteiger partial charge in [-0.05, 0) is 12.8 Å². The van der Waals surface area contributed by atoms with E-state index in [1.807, 2.05) is 0 Å². The lowest BCUT2D eigenvalue weighted by Crippen LogP contribution is -2.42. The Morgan fingerprint density at radius 2 is 2.17 bits per heavy atom. The van der Waals surface area contributed by atoms with Crippen molar-refractivity contribution in [2.45, 2.75) is 37.9 Å². The highest BCUT2D eigenvalue weighted by Gasteiger charge is 2.58. The number of carbonyl (C=O) groups excluding carboxylic acids is 1. The lowest BCUT2D eigenvalue weighted by Gasteiger charge is -2.33. The molecule has 0 saturated heterocycles. The van der Waals surface area contributed by atoms with E-state index in [9.17, 15) is 9.90 Å². The lowest BCUT2D eigenvalue weighted by atomic mass is 9.80. The van der Waals surface area contributed by atoms with Crippen molar-refractivity contribution in [2.24, 2.45) is 5.41 Å². The molecule has 2 atom stereocenters. The van der Waals surface area contributed by atoms with E-state index in [0.29, 0.717) is 12.8 Å². The normalized spacial score (nSPS) is 38.7. The largest absolute Gasteiger partial charge is 0.392 e. The third-order valence-corrected chi connectivity index (χ3v) is 3.25. The summed E-state index contributed by atoms with van der Waals surface area (Å²) in [6.07, 6.45) is 2.37. The molecule has 3 nitrogen and oxygen atoms in total. The molecule has 0 aromatic rings. The molecular formula is C9H14O3. The van der Waals surface area contributed by atoms with Crippen LogP contribution in [-0.4, -0.2) is 30.2 Å². The van der Waals surface area contributed by atoms with E-state index >= 15 is 0 Å². The first-order valence-electron chi connectivity index (χ1n) is 4.41. The summed E-state index contributed by atoms with van der Waals surface area (Å²) in [5, 5.41) is 9.67. The van der Waals surface area contributed by atoms with Crippen LogP contribution in [0.3, 0.4) is 0 Å². The van der Waals surface area contributed by atoms with E-state index < -0.39 is 6.10 Å². The Morgan fingerprint density at radius 3 is 2.67 bits per heavy atom. The van der Waals surface area contributed by atoms with E-state index in [1.54, 1.807) is 7.11 Å². The molecule has 0 radical (unpaired) electrons. The van der Waals surface area contributed by atoms with Crippen LogP contribution in [0.5, 0.6) is 0 Å². The number of aliphatic hydroxyl groups is 1. The maximum Gasteiger partial charge on any atom is 0.138 e. The number of aliphatic hydroxyl groups excluding tert-OH is 1. The monoisotopic (exact) mass is 170 g/mol. The van der Waals surface area contributed by atoms with Crippen LogP contribution >= 0.6 is 0 Å². The molecule has 2 fully saturated rings. The highest BCUT2D eigenvalue weighted by Crippen LogP contribution is 2.56. The summed E-state index contributed by atoms with van der Waals surface area (Å²) >= 11 is 0. The second-order valence-corrected chi connectivity index (χ2v) is 3.92. The van der Waals surface area contributed by atoms with E-state index in [1.165, 1.54) is 0 Å². The van der Waals surface area contributed by atoms with Crippen molar-refractivity contribution in [3.8, 4) is 0 Å². The van der Waals surface area contributed by atoms with Crippen molar-refractivity contribution < 1.29 is 14.6 Å². The molecule has 1 spiro atoms. The summed E-state index contributed by atoms with van der Waals surface area (Å²) in [4.78, 5) is 11.1. The minimum absolute atomic E-state index is 0.0336. The molecule has 2 unspecified atom stereocenters. The van der Waals surface area contributed by atoms with Crippen LogP contribution in [0.1, 0.15) is 25.7 Å². The number of Topliss-reactive ketones (excluding diaryl/α,β-unsaturated/α-hetero) is 1. The first-order chi connectivity index (χ1) is 5.69. The fraction of sp³-hybridized carbons (Fsp3) is 0.889. The van der Waals surface area contributed by atoms with Crippen molar-refractivity contribution in [3.05, 3.63) is 0 Å². The zero-order chi connectivity index (χ0) is 8.77. The first kappa shape index (κ1) is 8.20. The fourth-order valence-corrected chi connectivity index (χ4v) is 2.24. The molecule has 2 rings (SSSR count). The van der Waals surface area contributed by atoms with Gasteiger partial charge in [-0.2, -0.15) is 0 Å². The molecule has 2 aliphatic rings. The Kier molecular flexibility index (Phi) is 1.73. The molecule has 0 bridgehead atoms. The Hall–Kier alpha value is -0.410. The molecule has 0 aromatic heterocycles. The molecule has 0 aliphatic heterocycles. The molecule has 0 amide bonds. The van der Waals surface area contributed by atoms with E-state index in [0.717, 1.165) is 12.8 Å². The average molecular weight is 170 g/mol. The summed E-state index contributed by atoms with van der Waals surface area (Å²) in [5.74, 6) is 0.131. The molecule has 0 aromatic carbocycles. The van der Waals surface area contributed by atoms with Crippen LogP contribution in [-0.2, 0) is 9.53 Å². The van der Waals surface area contributed by atoms with Gasteiger partial charge in [-0.3, -0.25) is 4.79 Å². The van der Waals surface area contributed by atoms with Gasteiger partial charge in [0.05, 0.1) is 12.2 Å². The maximum absolute atomic E-state index is 11.1. The summed E-state index contributed by atoms with van der Waals surface area (Å²) in [5.41, 5.74) is -0.0529. The molecule has 2 saturated carbocycles. The SMILES string of the molecule is COC1CC(=O)CC(O)C12CC2. The minimum Gasteiger partial charge on any atom is -0.392 e. The standard InChI is InChI=1S/C9H14O3/c1-12-8-5-6(10)4-7(11)9(8)2-3-9/h7-8,11H,2-5H2,1H3. The van der Waals surface area contributed by atoms with Crippen LogP contribution in [0.25, 0.3) is 0 Å². The maximum atomic E-state index is 11.1. The number of ketones is 1. The average Bonchev–Trinajstić information content (AvgIpc) is 2.78. The van der Waals surface area contributed by atoms with Gasteiger partial charge in [0, 0.05) is 25.4 Å². The van der Waals surface area contributed by atoms with Crippen LogP contribution in [0.15, 0.2) is 0 Å². The quantitative estimate of drug-likeness (QED) is 0.623. The predicted molar refractivity (Wildman–Crippen MR) is 42.7 cm³/mol. The highest BCUT2D eigenvalue weighted by atomic mass is 16.5. The van der Waals surface area contributed by atoms with Crippen LogP contribution in [0.4, 0.5) is 0 Å². The smallest absolute Gasteiger partial charge is 0.138 e. The molecule has 1 N–H and O–H groups in total. The topological polar surface area (TPSA) is 46.5 Å². The molecule has 12 heavy (non-hydrogen) atoms. The number of rotatable bonds is 1. The van der Waals surface area contributed by atoms with Crippen molar-refractivity contribution >= 4 is 5.78 Å². The molecule has 0 heterocycles. The Labute approximate surface area is 71.7 Å². The highest BCUT2D eigenvalue weighted by molar-refractivity contribution is 5.81. The zero-order valence-corrected chi connectivity index (χ0v) is 7.25. The van der Waals surface area contributed by atoms with Gasteiger partial charge in [-0.15, -0.1) is 0 Å². The van der Waals surface area contributed by atoms with E-state index in [2.05, 4.69) is 0 Å². The second-order valence-electron chi connectivity index (χ2n) is 3.92. The fourth-order valence-electron chi connectivity index (χ4n) is 2.24. The van der Waals surface area contributed by atoms with Gasteiger partial charge in [-0.1, -0.05) is 0 Å². The number of hydrogen-bond donors (Lipinski definition) is 1. The van der Waals surface area contributed by atoms with Gasteiger partial charge < -0.3 is 9.84 Å². The van der Waals surface area contributed by atoms with Crippen molar-refractivity contribution in [3.63, 3.8) is 0 Å². The van der Waals surface area contributed by atoms with E-state index in [-0.39, 0.29) is 17.3 Å². The molecular weight excluding hydrogens is 156 g/mol. The van der Waals surface area contributed by atoms with Gasteiger partial charge in [0.15, 0.2) is 0 Å². The van der Waals surface area contributed by atoms with Crippen LogP contribution in [0.2, 0.25) is 0 Å². The zero-order valence-electron chi connectivity index (χ0n) is 7.25. The minimum atomic E-state index is -0.455. The summed E-state index contributed by atoms with van der Waals surface area (Å²) in [6.45, 7) is 0. The van der Waals surface area contributed by atoms with Crippen LogP contribution in [0, 0.1) is 5.41 Å². The number of ether oxygens (including phenoxy) is 1. The van der Waals surface area contributed by atoms with Crippen molar-refractivity contribution in [1.82, 2.24) is 0 Å². The molecule has 3 heteroatoms. The van der Waals surface area contributed by atoms with Crippen molar-refractivity contribution in [1.29, 1.82) is 0 Å². The summed E-state index contributed by atoms with van der Waals surface area (Å²) < 4.78 is 5.23. The number of hydrogen-bond acceptors (Lipinski definition) is 3. The number of methoxy groups -OCH3 is 1. The molecule has 68 valence electrons. The van der Waals surface area contributed by atoms with Gasteiger partial charge >= 0.3 is 0 Å². The van der Waals surface area contributed by atoms with Gasteiger partial charge in [0.2, 0.25) is 0 Å². The second kappa shape index (κ2) is 2.54. The first-order valence-corrected chi connectivity index (χ1v) is 4.41. The van der Waals surface area contributed by atoms with Gasteiger partial charge in [0.25, 0.3) is 0 Å².